The van der Waals surface area contributed by atoms with Gasteiger partial charge in [0.2, 0.25) is 5.91 Å². The van der Waals surface area contributed by atoms with Crippen molar-refractivity contribution in [1.82, 2.24) is 4.90 Å². The summed E-state index contributed by atoms with van der Waals surface area (Å²) < 4.78 is 5.94. The number of ether oxygens (including phenoxy) is 1. The van der Waals surface area contributed by atoms with Crippen LogP contribution < -0.4 is 0 Å². The van der Waals surface area contributed by atoms with E-state index in [-0.39, 0.29) is 24.1 Å². The first kappa shape index (κ1) is 18.0. The lowest BCUT2D eigenvalue weighted by Crippen LogP contribution is -2.54. The molecule has 0 spiro atoms. The van der Waals surface area contributed by atoms with Gasteiger partial charge in [-0.15, -0.1) is 0 Å². The Kier molecular flexibility index (Phi) is 6.64. The molecule has 1 aromatic rings. The maximum atomic E-state index is 13.3. The number of carbonyl (C=O) groups is 1. The van der Waals surface area contributed by atoms with Gasteiger partial charge in [0.05, 0.1) is 24.8 Å². The molecule has 2 rings (SSSR count). The van der Waals surface area contributed by atoms with Crippen LogP contribution in [0.1, 0.15) is 65.0 Å². The normalized spacial score (nSPS) is 24.9. The van der Waals surface area contributed by atoms with Gasteiger partial charge < -0.3 is 9.64 Å². The molecule has 1 aliphatic rings. The second-order valence-corrected chi connectivity index (χ2v) is 6.76. The van der Waals surface area contributed by atoms with Crippen LogP contribution in [-0.2, 0) is 9.53 Å². The van der Waals surface area contributed by atoms with Crippen molar-refractivity contribution in [2.24, 2.45) is 5.92 Å². The van der Waals surface area contributed by atoms with Crippen LogP contribution in [0.15, 0.2) is 30.3 Å². The minimum atomic E-state index is 0.0173. The summed E-state index contributed by atoms with van der Waals surface area (Å²) in [5.41, 5.74) is 1.17. The molecular formula is C20H31NO2. The smallest absolute Gasteiger partial charge is 0.226 e. The lowest BCUT2D eigenvalue weighted by molar-refractivity contribution is -0.158. The van der Waals surface area contributed by atoms with Gasteiger partial charge in [0, 0.05) is 5.92 Å². The maximum absolute atomic E-state index is 13.3. The van der Waals surface area contributed by atoms with Gasteiger partial charge in [0.1, 0.15) is 0 Å². The number of amides is 1. The Morgan fingerprint density at radius 3 is 2.35 bits per heavy atom. The summed E-state index contributed by atoms with van der Waals surface area (Å²) in [7, 11) is 0. The summed E-state index contributed by atoms with van der Waals surface area (Å²) in [6.45, 7) is 9.14. The van der Waals surface area contributed by atoms with Gasteiger partial charge >= 0.3 is 0 Å². The van der Waals surface area contributed by atoms with Gasteiger partial charge in [0.15, 0.2) is 0 Å². The predicted octanol–water partition coefficient (Wildman–Crippen LogP) is 4.58. The van der Waals surface area contributed by atoms with Crippen LogP contribution in [0.4, 0.5) is 0 Å². The molecule has 128 valence electrons. The Hall–Kier alpha value is -1.35. The first-order valence-electron chi connectivity index (χ1n) is 9.08. The highest BCUT2D eigenvalue weighted by Gasteiger charge is 2.39. The standard InChI is InChI=1S/C20H31NO2/c1-5-10-18(11-6-2)20(22)21-15(3)14-23-16(4)19(21)17-12-8-7-9-13-17/h7-9,12-13,15-16,18-19H,5-6,10-11,14H2,1-4H3. The molecule has 3 heteroatoms. The van der Waals surface area contributed by atoms with Gasteiger partial charge in [-0.05, 0) is 32.3 Å². The van der Waals surface area contributed by atoms with Crippen molar-refractivity contribution in [3.63, 3.8) is 0 Å². The molecule has 3 atom stereocenters. The van der Waals surface area contributed by atoms with Crippen molar-refractivity contribution in [3.8, 4) is 0 Å². The van der Waals surface area contributed by atoms with E-state index in [1.807, 2.05) is 18.2 Å². The molecule has 1 saturated heterocycles. The lowest BCUT2D eigenvalue weighted by atomic mass is 9.91. The molecule has 3 nitrogen and oxygen atoms in total. The zero-order valence-corrected chi connectivity index (χ0v) is 15.0. The molecule has 1 aliphatic heterocycles. The van der Waals surface area contributed by atoms with Crippen LogP contribution in [-0.4, -0.2) is 29.6 Å². The molecule has 0 saturated carbocycles. The Bertz CT molecular complexity index is 482. The average Bonchev–Trinajstić information content (AvgIpc) is 2.56. The average molecular weight is 317 g/mol. The van der Waals surface area contributed by atoms with Crippen LogP contribution >= 0.6 is 0 Å². The van der Waals surface area contributed by atoms with Crippen molar-refractivity contribution >= 4 is 5.91 Å². The van der Waals surface area contributed by atoms with E-state index < -0.39 is 0 Å². The minimum absolute atomic E-state index is 0.0173. The fourth-order valence-electron chi connectivity index (χ4n) is 3.70. The van der Waals surface area contributed by atoms with Crippen LogP contribution in [0, 0.1) is 5.92 Å². The molecular weight excluding hydrogens is 286 g/mol. The van der Waals surface area contributed by atoms with Gasteiger partial charge in [-0.3, -0.25) is 4.79 Å². The maximum Gasteiger partial charge on any atom is 0.226 e. The van der Waals surface area contributed by atoms with E-state index in [1.54, 1.807) is 0 Å². The van der Waals surface area contributed by atoms with E-state index in [2.05, 4.69) is 44.7 Å². The summed E-state index contributed by atoms with van der Waals surface area (Å²) >= 11 is 0. The topological polar surface area (TPSA) is 29.5 Å². The highest BCUT2D eigenvalue weighted by atomic mass is 16.5. The molecule has 3 unspecified atom stereocenters. The molecule has 1 amide bonds. The van der Waals surface area contributed by atoms with Crippen molar-refractivity contribution in [2.75, 3.05) is 6.61 Å². The first-order chi connectivity index (χ1) is 11.1. The zero-order chi connectivity index (χ0) is 16.8. The van der Waals surface area contributed by atoms with E-state index in [4.69, 9.17) is 4.74 Å². The molecule has 0 radical (unpaired) electrons. The van der Waals surface area contributed by atoms with E-state index in [0.717, 1.165) is 25.7 Å². The van der Waals surface area contributed by atoms with E-state index in [1.165, 1.54) is 5.56 Å². The second-order valence-electron chi connectivity index (χ2n) is 6.76. The van der Waals surface area contributed by atoms with E-state index in [9.17, 15) is 4.79 Å². The SMILES string of the molecule is CCCC(CCC)C(=O)N1C(C)COC(C)C1c1ccccc1. The third-order valence-corrected chi connectivity index (χ3v) is 4.84. The molecule has 0 N–H and O–H groups in total. The number of carbonyl (C=O) groups excluding carboxylic acids is 1. The predicted molar refractivity (Wildman–Crippen MR) is 94.2 cm³/mol. The molecule has 1 heterocycles. The first-order valence-corrected chi connectivity index (χ1v) is 9.08. The number of benzene rings is 1. The number of nitrogens with zero attached hydrogens (tertiary/aromatic N) is 1. The molecule has 1 aromatic carbocycles. The summed E-state index contributed by atoms with van der Waals surface area (Å²) in [5, 5.41) is 0. The van der Waals surface area contributed by atoms with Crippen molar-refractivity contribution in [3.05, 3.63) is 35.9 Å². The summed E-state index contributed by atoms with van der Waals surface area (Å²) in [4.78, 5) is 15.4. The Balaban J connectivity index is 2.31. The number of hydrogen-bond acceptors (Lipinski definition) is 2. The lowest BCUT2D eigenvalue weighted by Gasteiger charge is -2.45. The van der Waals surface area contributed by atoms with Crippen LogP contribution in [0.2, 0.25) is 0 Å². The summed E-state index contributed by atoms with van der Waals surface area (Å²) in [6.07, 6.45) is 4.10. The fraction of sp³-hybridized carbons (Fsp3) is 0.650. The Labute approximate surface area is 141 Å². The number of rotatable bonds is 6. The van der Waals surface area contributed by atoms with Crippen LogP contribution in [0.5, 0.6) is 0 Å². The number of morpholine rings is 1. The fourth-order valence-corrected chi connectivity index (χ4v) is 3.70. The van der Waals surface area contributed by atoms with Crippen molar-refractivity contribution in [1.29, 1.82) is 0 Å². The third-order valence-electron chi connectivity index (χ3n) is 4.84. The van der Waals surface area contributed by atoms with Crippen molar-refractivity contribution in [2.45, 2.75) is 71.6 Å². The second kappa shape index (κ2) is 8.49. The van der Waals surface area contributed by atoms with E-state index in [0.29, 0.717) is 12.5 Å². The number of hydrogen-bond donors (Lipinski definition) is 0. The summed E-state index contributed by atoms with van der Waals surface area (Å²) in [5.74, 6) is 0.453. The zero-order valence-electron chi connectivity index (χ0n) is 15.0. The highest BCUT2D eigenvalue weighted by Crippen LogP contribution is 2.34. The van der Waals surface area contributed by atoms with Gasteiger partial charge in [0.25, 0.3) is 0 Å². The van der Waals surface area contributed by atoms with Crippen LogP contribution in [0.25, 0.3) is 0 Å². The Morgan fingerprint density at radius 2 is 1.78 bits per heavy atom. The minimum Gasteiger partial charge on any atom is -0.374 e. The molecule has 23 heavy (non-hydrogen) atoms. The van der Waals surface area contributed by atoms with Gasteiger partial charge in [-0.1, -0.05) is 57.0 Å². The van der Waals surface area contributed by atoms with Crippen LogP contribution in [0.3, 0.4) is 0 Å². The largest absolute Gasteiger partial charge is 0.374 e. The third kappa shape index (κ3) is 4.14. The van der Waals surface area contributed by atoms with E-state index >= 15 is 0 Å². The molecule has 0 aliphatic carbocycles. The summed E-state index contributed by atoms with van der Waals surface area (Å²) in [6, 6.07) is 10.5. The molecule has 0 aromatic heterocycles. The highest BCUT2D eigenvalue weighted by molar-refractivity contribution is 5.80. The molecule has 0 bridgehead atoms. The molecule has 1 fully saturated rings. The Morgan fingerprint density at radius 1 is 1.17 bits per heavy atom. The quantitative estimate of drug-likeness (QED) is 0.768. The van der Waals surface area contributed by atoms with Crippen molar-refractivity contribution < 1.29 is 9.53 Å². The van der Waals surface area contributed by atoms with Gasteiger partial charge in [-0.25, -0.2) is 0 Å². The monoisotopic (exact) mass is 317 g/mol. The van der Waals surface area contributed by atoms with Gasteiger partial charge in [-0.2, -0.15) is 0 Å².